The second-order valence-corrected chi connectivity index (χ2v) is 27.8. The van der Waals surface area contributed by atoms with E-state index < -0.39 is 0 Å². The van der Waals surface area contributed by atoms with Gasteiger partial charge in [0.15, 0.2) is 0 Å². The molecule has 4 heteroatoms. The maximum atomic E-state index is 2.37. The van der Waals surface area contributed by atoms with Crippen LogP contribution in [-0.4, -0.2) is 42.3 Å². The fourth-order valence-electron chi connectivity index (χ4n) is 2.25. The molecular weight excluding hydrogens is 494 g/mol. The van der Waals surface area contributed by atoms with Crippen molar-refractivity contribution in [2.75, 3.05) is 0 Å². The molecule has 0 saturated carbocycles. The van der Waals surface area contributed by atoms with Gasteiger partial charge in [0.25, 0.3) is 0 Å². The fourth-order valence-corrected chi connectivity index (χ4v) is 15.1. The Morgan fingerprint density at radius 1 is 0.500 bits per heavy atom. The maximum Gasteiger partial charge on any atom is -0.813 e. The van der Waals surface area contributed by atoms with Crippen LogP contribution in [0.15, 0.2) is 0 Å². The largest absolute Gasteiger partial charge is 0.813 e. The van der Waals surface area contributed by atoms with Gasteiger partial charge in [0.05, 0.1) is 0 Å². The summed E-state index contributed by atoms with van der Waals surface area (Å²) in [6.45, 7) is 28.4. The minimum absolute atomic E-state index is 0. The molecule has 0 aromatic rings. The first kappa shape index (κ1) is 30.2. The maximum absolute atomic E-state index is 2.37. The summed E-state index contributed by atoms with van der Waals surface area (Å²) in [5.74, 6) is 0. The van der Waals surface area contributed by atoms with Crippen molar-refractivity contribution in [3.63, 3.8) is 0 Å². The summed E-state index contributed by atoms with van der Waals surface area (Å²) in [5, 5.41) is 0. The van der Waals surface area contributed by atoms with Gasteiger partial charge in [-0.1, -0.05) is 0 Å². The van der Waals surface area contributed by atoms with Crippen molar-refractivity contribution in [2.45, 2.75) is 96.8 Å². The van der Waals surface area contributed by atoms with Gasteiger partial charge in [0.1, 0.15) is 0 Å². The van der Waals surface area contributed by atoms with Crippen molar-refractivity contribution in [3.05, 3.63) is 0 Å². The van der Waals surface area contributed by atoms with E-state index in [-0.39, 0.29) is 69.3 Å². The third-order valence-electron chi connectivity index (χ3n) is 1.50. The van der Waals surface area contributed by atoms with Crippen molar-refractivity contribution in [2.24, 2.45) is 0 Å². The van der Waals surface area contributed by atoms with Crippen LogP contribution in [-0.2, 0) is 27.0 Å². The van der Waals surface area contributed by atoms with Gasteiger partial charge in [-0.25, -0.2) is 0 Å². The van der Waals surface area contributed by atoms with Gasteiger partial charge in [0, 0.05) is 0 Å². The zero-order valence-corrected chi connectivity index (χ0v) is 23.4. The average molecular weight is 532 g/mol. The second-order valence-electron chi connectivity index (χ2n) is 9.25. The van der Waals surface area contributed by atoms with Gasteiger partial charge in [-0.05, 0) is 0 Å². The number of hydrogen-bond donors (Lipinski definition) is 0. The van der Waals surface area contributed by atoms with E-state index in [0.29, 0.717) is 13.7 Å². The van der Waals surface area contributed by atoms with E-state index >= 15 is 0 Å². The molecule has 0 nitrogen and oxygen atoms in total. The van der Waals surface area contributed by atoms with Gasteiger partial charge in [-0.2, -0.15) is 0 Å². The van der Waals surface area contributed by atoms with Crippen molar-refractivity contribution in [1.29, 1.82) is 0 Å². The summed E-state index contributed by atoms with van der Waals surface area (Å²) in [6.07, 6.45) is 0. The first-order valence-electron chi connectivity index (χ1n) is 7.00. The molecule has 0 fully saturated rings. The first-order chi connectivity index (χ1) is 7.41. The molecule has 0 atom stereocenters. The Morgan fingerprint density at radius 2 is 0.700 bits per heavy atom. The van der Waals surface area contributed by atoms with Crippen molar-refractivity contribution in [1.82, 2.24) is 0 Å². The molecule has 0 unspecified atom stereocenters. The van der Waals surface area contributed by atoms with E-state index in [1.807, 2.05) is 0 Å². The molecule has 2 radical (unpaired) electrons. The van der Waals surface area contributed by atoms with Gasteiger partial charge in [0.2, 0.25) is 0 Å². The second kappa shape index (κ2) is 11.0. The molecule has 0 amide bonds. The van der Waals surface area contributed by atoms with Crippen LogP contribution in [0.4, 0.5) is 0 Å². The molecular formula is C16H38S2Sn2. The summed E-state index contributed by atoms with van der Waals surface area (Å²) in [5.41, 5.74) is 0. The standard InChI is InChI=1S/4C4H9.2H2S.2Sn/c4*1-4(2)3;;;;/h4*1-3H3;2*1H2;;/q;;;;;;;+2/p-2. The van der Waals surface area contributed by atoms with Crippen molar-refractivity contribution < 1.29 is 0 Å². The summed E-state index contributed by atoms with van der Waals surface area (Å²) in [6, 6.07) is 0. The minimum atomic E-state index is -0.182. The topological polar surface area (TPSA) is 0 Å². The Labute approximate surface area is 164 Å². The fraction of sp³-hybridized carbons (Fsp3) is 1.00. The third-order valence-corrected chi connectivity index (χ3v) is 10.1. The monoisotopic (exact) mass is 534 g/mol. The van der Waals surface area contributed by atoms with E-state index in [1.54, 1.807) is 0 Å². The van der Waals surface area contributed by atoms with Crippen LogP contribution in [0.3, 0.4) is 0 Å². The van der Waals surface area contributed by atoms with Gasteiger partial charge in [-0.15, -0.1) is 0 Å². The summed E-state index contributed by atoms with van der Waals surface area (Å²) in [4.78, 5) is 0. The molecule has 0 aromatic carbocycles. The van der Waals surface area contributed by atoms with Crippen molar-refractivity contribution >= 4 is 69.3 Å². The smallest absolute Gasteiger partial charge is 0.813 e. The Morgan fingerprint density at radius 3 is 0.700 bits per heavy atom. The molecule has 20 heavy (non-hydrogen) atoms. The van der Waals surface area contributed by atoms with Crippen LogP contribution in [0.2, 0.25) is 13.7 Å². The van der Waals surface area contributed by atoms with Crippen LogP contribution in [0.25, 0.3) is 0 Å². The van der Waals surface area contributed by atoms with Gasteiger partial charge >= 0.3 is 139 Å². The molecule has 0 aliphatic heterocycles. The summed E-state index contributed by atoms with van der Waals surface area (Å²) < 4.78 is 2.62. The molecule has 0 rings (SSSR count). The van der Waals surface area contributed by atoms with E-state index in [9.17, 15) is 0 Å². The minimum Gasteiger partial charge on any atom is -0.813 e. The SMILES string of the molecule is C[C](C)(C)[Sn+2][C](C)(C)C.C[C](C)(C)[Sn][C](C)(C)C.[SH-].[SH-]. The molecule has 0 heterocycles. The molecule has 0 saturated heterocycles. The third kappa shape index (κ3) is 37.0. The molecule has 0 N–H and O–H groups in total. The molecule has 122 valence electrons. The number of rotatable bonds is 0. The van der Waals surface area contributed by atoms with Gasteiger partial charge < -0.3 is 27.0 Å². The predicted molar refractivity (Wildman–Crippen MR) is 108 cm³/mol. The van der Waals surface area contributed by atoms with Crippen LogP contribution in [0, 0.1) is 0 Å². The zero-order chi connectivity index (χ0) is 15.4. The van der Waals surface area contributed by atoms with E-state index in [2.05, 4.69) is 83.1 Å². The Hall–Kier alpha value is 2.30. The number of hydrogen-bond acceptors (Lipinski definition) is 2. The molecule has 0 aliphatic rings. The van der Waals surface area contributed by atoms with E-state index in [4.69, 9.17) is 0 Å². The van der Waals surface area contributed by atoms with Crippen LogP contribution in [0.1, 0.15) is 83.1 Å². The van der Waals surface area contributed by atoms with E-state index in [0.717, 1.165) is 0 Å². The van der Waals surface area contributed by atoms with Crippen LogP contribution in [0.5, 0.6) is 0 Å². The van der Waals surface area contributed by atoms with Crippen LogP contribution >= 0.6 is 0 Å². The zero-order valence-electron chi connectivity index (χ0n) is 15.9. The van der Waals surface area contributed by atoms with E-state index in [1.165, 1.54) is 0 Å². The predicted octanol–water partition coefficient (Wildman–Crippen LogP) is 5.71. The van der Waals surface area contributed by atoms with Gasteiger partial charge in [-0.3, -0.25) is 0 Å². The average Bonchev–Trinajstić information content (AvgIpc) is 1.64. The van der Waals surface area contributed by atoms with Crippen LogP contribution < -0.4 is 0 Å². The normalized spacial score (nSPS) is 12.2. The molecule has 0 bridgehead atoms. The number of thiol groups is 2. The molecule has 0 spiro atoms. The quantitative estimate of drug-likeness (QED) is 0.223. The summed E-state index contributed by atoms with van der Waals surface area (Å²) >= 11 is -0.363. The molecule has 0 aliphatic carbocycles. The Kier molecular flexibility index (Phi) is 16.6. The molecule has 0 aromatic heterocycles. The Bertz CT molecular complexity index is 175. The Balaban J connectivity index is -0.000000116. The first-order valence-corrected chi connectivity index (χ1v) is 12.7. The van der Waals surface area contributed by atoms with Crippen molar-refractivity contribution in [3.8, 4) is 0 Å². The summed E-state index contributed by atoms with van der Waals surface area (Å²) in [7, 11) is 0.